The molecule has 0 bridgehead atoms. The molecule has 0 radical (unpaired) electrons. The van der Waals surface area contributed by atoms with E-state index in [0.717, 1.165) is 51.0 Å². The van der Waals surface area contributed by atoms with Gasteiger partial charge in [-0.1, -0.05) is 6.42 Å². The fraction of sp³-hybridized carbons (Fsp3) is 0.600. The number of nitrogens with zero attached hydrogens (tertiary/aromatic N) is 2. The molecule has 1 atom stereocenters. The summed E-state index contributed by atoms with van der Waals surface area (Å²) in [5.74, 6) is -0.494. The van der Waals surface area contributed by atoms with E-state index in [9.17, 15) is 9.59 Å². The molecule has 0 spiro atoms. The summed E-state index contributed by atoms with van der Waals surface area (Å²) in [6.45, 7) is 5.47. The number of hydrogen-bond donors (Lipinski definition) is 2. The molecule has 2 aliphatic rings. The van der Waals surface area contributed by atoms with Crippen molar-refractivity contribution < 1.29 is 9.59 Å². The molecule has 0 saturated carbocycles. The first kappa shape index (κ1) is 18.7. The lowest BCUT2D eigenvalue weighted by Crippen LogP contribution is -2.39. The summed E-state index contributed by atoms with van der Waals surface area (Å²) in [5.41, 5.74) is 7.62. The molecule has 6 nitrogen and oxygen atoms in total. The average Bonchev–Trinajstić information content (AvgIpc) is 2.63. The molecule has 1 aromatic rings. The van der Waals surface area contributed by atoms with Crippen LogP contribution in [-0.4, -0.2) is 48.9 Å². The Labute approximate surface area is 155 Å². The predicted octanol–water partition coefficient (Wildman–Crippen LogP) is 2.59. The van der Waals surface area contributed by atoms with E-state index in [1.54, 1.807) is 6.07 Å². The average molecular weight is 358 g/mol. The van der Waals surface area contributed by atoms with E-state index in [1.807, 2.05) is 12.1 Å². The number of piperidine rings is 2. The molecule has 3 N–H and O–H groups in total. The maximum Gasteiger partial charge on any atom is 0.250 e. The number of likely N-dealkylation sites (tertiary alicyclic amines) is 1. The van der Waals surface area contributed by atoms with Crippen LogP contribution in [0.1, 0.15) is 55.8 Å². The van der Waals surface area contributed by atoms with Crippen LogP contribution < -0.4 is 16.0 Å². The van der Waals surface area contributed by atoms with Gasteiger partial charge >= 0.3 is 0 Å². The SMILES string of the molecule is CC1CCCCN1c1ccc(NC(=O)CN2CCCCC2)cc1C(N)=O. The Morgan fingerprint density at radius 2 is 1.85 bits per heavy atom. The minimum atomic E-state index is -0.454. The molecule has 26 heavy (non-hydrogen) atoms. The number of benzene rings is 1. The van der Waals surface area contributed by atoms with Gasteiger partial charge in [-0.25, -0.2) is 0 Å². The first-order chi connectivity index (χ1) is 12.5. The Bertz CT molecular complexity index is 655. The quantitative estimate of drug-likeness (QED) is 0.848. The molecule has 1 unspecified atom stereocenters. The number of amides is 2. The maximum atomic E-state index is 12.3. The van der Waals surface area contributed by atoms with Gasteiger partial charge in [-0.3, -0.25) is 14.5 Å². The van der Waals surface area contributed by atoms with Gasteiger partial charge in [-0.15, -0.1) is 0 Å². The summed E-state index contributed by atoms with van der Waals surface area (Å²) >= 11 is 0. The minimum Gasteiger partial charge on any atom is -0.368 e. The van der Waals surface area contributed by atoms with Crippen LogP contribution in [0.2, 0.25) is 0 Å². The van der Waals surface area contributed by atoms with Gasteiger partial charge in [0.15, 0.2) is 0 Å². The van der Waals surface area contributed by atoms with Gasteiger partial charge in [0.25, 0.3) is 5.91 Å². The van der Waals surface area contributed by atoms with Gasteiger partial charge in [-0.2, -0.15) is 0 Å². The third kappa shape index (κ3) is 4.55. The molecule has 142 valence electrons. The van der Waals surface area contributed by atoms with Crippen LogP contribution in [0, 0.1) is 0 Å². The topological polar surface area (TPSA) is 78.7 Å². The highest BCUT2D eigenvalue weighted by Gasteiger charge is 2.23. The van der Waals surface area contributed by atoms with Crippen LogP contribution in [0.25, 0.3) is 0 Å². The number of primary amides is 1. The first-order valence-electron chi connectivity index (χ1n) is 9.77. The Hall–Kier alpha value is -2.08. The lowest BCUT2D eigenvalue weighted by molar-refractivity contribution is -0.117. The second-order valence-corrected chi connectivity index (χ2v) is 7.52. The number of carbonyl (C=O) groups is 2. The van der Waals surface area contributed by atoms with Gasteiger partial charge in [0.1, 0.15) is 0 Å². The molecule has 0 aliphatic carbocycles. The highest BCUT2D eigenvalue weighted by Crippen LogP contribution is 2.29. The molecule has 2 fully saturated rings. The highest BCUT2D eigenvalue weighted by atomic mass is 16.2. The molecule has 6 heteroatoms. The lowest BCUT2D eigenvalue weighted by Gasteiger charge is -2.36. The lowest BCUT2D eigenvalue weighted by atomic mass is 10.0. The van der Waals surface area contributed by atoms with Crippen molar-refractivity contribution in [1.82, 2.24) is 4.90 Å². The second-order valence-electron chi connectivity index (χ2n) is 7.52. The standard InChI is InChI=1S/C20H30N4O2/c1-15-7-3-6-12-24(15)18-9-8-16(13-17(18)20(21)26)22-19(25)14-23-10-4-2-5-11-23/h8-9,13,15H,2-7,10-12,14H2,1H3,(H2,21,26)(H,22,25). The zero-order valence-electron chi connectivity index (χ0n) is 15.7. The Morgan fingerprint density at radius 3 is 2.54 bits per heavy atom. The van der Waals surface area contributed by atoms with Crippen molar-refractivity contribution in [2.75, 3.05) is 36.4 Å². The smallest absolute Gasteiger partial charge is 0.250 e. The van der Waals surface area contributed by atoms with Crippen molar-refractivity contribution in [2.24, 2.45) is 5.73 Å². The Morgan fingerprint density at radius 1 is 1.12 bits per heavy atom. The number of nitrogens with two attached hydrogens (primary N) is 1. The molecule has 2 aliphatic heterocycles. The summed E-state index contributed by atoms with van der Waals surface area (Å²) in [7, 11) is 0. The van der Waals surface area contributed by atoms with E-state index in [2.05, 4.69) is 22.0 Å². The fourth-order valence-corrected chi connectivity index (χ4v) is 4.04. The van der Waals surface area contributed by atoms with Gasteiger partial charge in [0.2, 0.25) is 5.91 Å². The maximum absolute atomic E-state index is 12.3. The molecule has 2 heterocycles. The van der Waals surface area contributed by atoms with Crippen molar-refractivity contribution in [3.05, 3.63) is 23.8 Å². The summed E-state index contributed by atoms with van der Waals surface area (Å²) in [6, 6.07) is 5.89. The molecule has 0 aromatic heterocycles. The van der Waals surface area contributed by atoms with E-state index in [0.29, 0.717) is 23.8 Å². The fourth-order valence-electron chi connectivity index (χ4n) is 4.04. The van der Waals surface area contributed by atoms with E-state index in [4.69, 9.17) is 5.73 Å². The van der Waals surface area contributed by atoms with Crippen LogP contribution in [0.15, 0.2) is 18.2 Å². The Kier molecular flexibility index (Phi) is 6.14. The van der Waals surface area contributed by atoms with Gasteiger partial charge in [0.05, 0.1) is 12.1 Å². The summed E-state index contributed by atoms with van der Waals surface area (Å²) in [6.07, 6.45) is 7.01. The van der Waals surface area contributed by atoms with Crippen LogP contribution >= 0.6 is 0 Å². The molecule has 1 aromatic carbocycles. The van der Waals surface area contributed by atoms with E-state index >= 15 is 0 Å². The summed E-state index contributed by atoms with van der Waals surface area (Å²) in [5, 5.41) is 2.92. The summed E-state index contributed by atoms with van der Waals surface area (Å²) in [4.78, 5) is 28.8. The van der Waals surface area contributed by atoms with Crippen molar-refractivity contribution >= 4 is 23.2 Å². The van der Waals surface area contributed by atoms with Crippen LogP contribution in [-0.2, 0) is 4.79 Å². The van der Waals surface area contributed by atoms with Crippen LogP contribution in [0.5, 0.6) is 0 Å². The van der Waals surface area contributed by atoms with Crippen LogP contribution in [0.4, 0.5) is 11.4 Å². The minimum absolute atomic E-state index is 0.0404. The highest BCUT2D eigenvalue weighted by molar-refractivity contribution is 6.01. The predicted molar refractivity (Wildman–Crippen MR) is 105 cm³/mol. The molecule has 2 saturated heterocycles. The van der Waals surface area contributed by atoms with Crippen molar-refractivity contribution in [1.29, 1.82) is 0 Å². The number of anilines is 2. The third-order valence-electron chi connectivity index (χ3n) is 5.47. The van der Waals surface area contributed by atoms with Crippen molar-refractivity contribution in [3.63, 3.8) is 0 Å². The number of carbonyl (C=O) groups excluding carboxylic acids is 2. The normalized spacial score (nSPS) is 21.4. The third-order valence-corrected chi connectivity index (χ3v) is 5.47. The number of nitrogens with one attached hydrogen (secondary N) is 1. The van der Waals surface area contributed by atoms with Crippen molar-refractivity contribution in [2.45, 2.75) is 51.5 Å². The molecular weight excluding hydrogens is 328 g/mol. The second kappa shape index (κ2) is 8.54. The summed E-state index contributed by atoms with van der Waals surface area (Å²) < 4.78 is 0. The zero-order valence-corrected chi connectivity index (χ0v) is 15.7. The number of rotatable bonds is 5. The van der Waals surface area contributed by atoms with E-state index < -0.39 is 5.91 Å². The van der Waals surface area contributed by atoms with Gasteiger partial charge in [0, 0.05) is 24.0 Å². The molecule has 3 rings (SSSR count). The zero-order chi connectivity index (χ0) is 18.5. The van der Waals surface area contributed by atoms with Gasteiger partial charge in [-0.05, 0) is 70.3 Å². The van der Waals surface area contributed by atoms with Crippen molar-refractivity contribution in [3.8, 4) is 0 Å². The van der Waals surface area contributed by atoms with Gasteiger partial charge < -0.3 is 16.0 Å². The van der Waals surface area contributed by atoms with Crippen LogP contribution in [0.3, 0.4) is 0 Å². The first-order valence-corrected chi connectivity index (χ1v) is 9.77. The number of hydrogen-bond acceptors (Lipinski definition) is 4. The van der Waals surface area contributed by atoms with E-state index in [1.165, 1.54) is 12.8 Å². The molecule has 2 amide bonds. The monoisotopic (exact) mass is 358 g/mol. The molecular formula is C20H30N4O2. The largest absolute Gasteiger partial charge is 0.368 e. The van der Waals surface area contributed by atoms with E-state index in [-0.39, 0.29) is 5.91 Å². The Balaban J connectivity index is 1.71.